The van der Waals surface area contributed by atoms with Crippen LogP contribution in [0.4, 0.5) is 8.78 Å². The normalized spacial score (nSPS) is 16.4. The maximum absolute atomic E-state index is 13.8. The molecule has 204 valence electrons. The molecule has 1 fully saturated rings. The maximum Gasteiger partial charge on any atom is 0.309 e. The molecule has 0 bridgehead atoms. The van der Waals surface area contributed by atoms with Gasteiger partial charge in [0, 0.05) is 17.1 Å². The van der Waals surface area contributed by atoms with Crippen molar-refractivity contribution < 1.29 is 28.5 Å². The SMILES string of the molecule is COc1ccc2ncc(Cl)c(C(O)CCC3(C(=O)O)CCN(CCCSc4c(F)cccc4F)CC3)c2c1. The van der Waals surface area contributed by atoms with Crippen LogP contribution in [-0.4, -0.2) is 58.6 Å². The number of halogens is 3. The highest BCUT2D eigenvalue weighted by molar-refractivity contribution is 7.99. The number of hydrogen-bond donors (Lipinski definition) is 2. The number of thioether (sulfide) groups is 1. The highest BCUT2D eigenvalue weighted by Gasteiger charge is 2.41. The maximum atomic E-state index is 13.8. The molecular weight excluding hydrogens is 534 g/mol. The lowest BCUT2D eigenvalue weighted by Crippen LogP contribution is -2.44. The summed E-state index contributed by atoms with van der Waals surface area (Å²) in [7, 11) is 1.56. The Morgan fingerprint density at radius 1 is 1.24 bits per heavy atom. The Balaban J connectivity index is 1.33. The van der Waals surface area contributed by atoms with Gasteiger partial charge in [0.2, 0.25) is 0 Å². The van der Waals surface area contributed by atoms with Crippen molar-refractivity contribution in [2.45, 2.75) is 43.1 Å². The fraction of sp³-hybridized carbons (Fsp3) is 0.429. The van der Waals surface area contributed by atoms with Gasteiger partial charge in [0.1, 0.15) is 17.4 Å². The van der Waals surface area contributed by atoms with Crippen LogP contribution in [0.15, 0.2) is 47.5 Å². The fourth-order valence-corrected chi connectivity index (χ4v) is 6.22. The van der Waals surface area contributed by atoms with E-state index in [0.29, 0.717) is 65.3 Å². The lowest BCUT2D eigenvalue weighted by Gasteiger charge is -2.39. The molecule has 2 N–H and O–H groups in total. The highest BCUT2D eigenvalue weighted by atomic mass is 35.5. The van der Waals surface area contributed by atoms with Crippen LogP contribution in [-0.2, 0) is 4.79 Å². The van der Waals surface area contributed by atoms with Crippen molar-refractivity contribution >= 4 is 40.2 Å². The molecule has 6 nitrogen and oxygen atoms in total. The largest absolute Gasteiger partial charge is 0.497 e. The van der Waals surface area contributed by atoms with Gasteiger partial charge in [0.25, 0.3) is 0 Å². The number of fused-ring (bicyclic) bond motifs is 1. The second-order valence-electron chi connectivity index (χ2n) is 9.64. The van der Waals surface area contributed by atoms with Gasteiger partial charge in [-0.15, -0.1) is 11.8 Å². The Bertz CT molecular complexity index is 1270. The first-order valence-corrected chi connectivity index (χ1v) is 13.9. The number of nitrogens with zero attached hydrogens (tertiary/aromatic N) is 2. The van der Waals surface area contributed by atoms with Crippen LogP contribution in [0.1, 0.15) is 43.8 Å². The Hall–Kier alpha value is -2.46. The van der Waals surface area contributed by atoms with Gasteiger partial charge in [-0.1, -0.05) is 17.7 Å². The highest BCUT2D eigenvalue weighted by Crippen LogP contribution is 2.41. The van der Waals surface area contributed by atoms with Crippen molar-refractivity contribution in [3.63, 3.8) is 0 Å². The molecule has 3 aromatic rings. The van der Waals surface area contributed by atoms with E-state index in [-0.39, 0.29) is 11.3 Å². The molecule has 1 aromatic heterocycles. The number of hydrogen-bond acceptors (Lipinski definition) is 6. The molecule has 0 aliphatic carbocycles. The monoisotopic (exact) mass is 564 g/mol. The number of aliphatic carboxylic acids is 1. The molecule has 38 heavy (non-hydrogen) atoms. The van der Waals surface area contributed by atoms with Crippen LogP contribution in [0, 0.1) is 17.0 Å². The molecule has 0 saturated carbocycles. The molecule has 1 aliphatic rings. The van der Waals surface area contributed by atoms with Gasteiger partial charge in [-0.25, -0.2) is 8.78 Å². The third-order valence-corrected chi connectivity index (χ3v) is 8.82. The van der Waals surface area contributed by atoms with Crippen LogP contribution >= 0.6 is 23.4 Å². The van der Waals surface area contributed by atoms with Crippen molar-refractivity contribution in [2.24, 2.45) is 5.41 Å². The summed E-state index contributed by atoms with van der Waals surface area (Å²) in [6, 6.07) is 9.20. The van der Waals surface area contributed by atoms with Gasteiger partial charge in [0.05, 0.1) is 34.1 Å². The first kappa shape index (κ1) is 28.5. The van der Waals surface area contributed by atoms with Crippen molar-refractivity contribution in [1.29, 1.82) is 0 Å². The number of carboxylic acid groups (broad SMARTS) is 1. The molecule has 1 unspecified atom stereocenters. The van der Waals surface area contributed by atoms with E-state index in [1.165, 1.54) is 24.4 Å². The summed E-state index contributed by atoms with van der Waals surface area (Å²) in [5, 5.41) is 22.2. The number of likely N-dealkylation sites (tertiary alicyclic amines) is 1. The third kappa shape index (κ3) is 6.39. The number of carbonyl (C=O) groups is 1. The first-order valence-electron chi connectivity index (χ1n) is 12.6. The van der Waals surface area contributed by atoms with E-state index >= 15 is 0 Å². The van der Waals surface area contributed by atoms with Gasteiger partial charge < -0.3 is 19.8 Å². The summed E-state index contributed by atoms with van der Waals surface area (Å²) in [6.07, 6.45) is 2.75. The number of aromatic nitrogens is 1. The van der Waals surface area contributed by atoms with Crippen LogP contribution in [0.5, 0.6) is 5.75 Å². The van der Waals surface area contributed by atoms with E-state index in [4.69, 9.17) is 16.3 Å². The van der Waals surface area contributed by atoms with Crippen LogP contribution < -0.4 is 4.74 Å². The molecule has 2 aromatic carbocycles. The Morgan fingerprint density at radius 3 is 2.61 bits per heavy atom. The average molecular weight is 565 g/mol. The van der Waals surface area contributed by atoms with E-state index in [1.807, 2.05) is 0 Å². The number of methoxy groups -OCH3 is 1. The lowest BCUT2D eigenvalue weighted by atomic mass is 9.74. The average Bonchev–Trinajstić information content (AvgIpc) is 2.91. The zero-order valence-electron chi connectivity index (χ0n) is 21.1. The lowest BCUT2D eigenvalue weighted by molar-refractivity contribution is -0.153. The number of rotatable bonds is 11. The van der Waals surface area contributed by atoms with Crippen molar-refractivity contribution in [3.05, 3.63) is 64.8 Å². The third-order valence-electron chi connectivity index (χ3n) is 7.35. The first-order chi connectivity index (χ1) is 18.2. The molecule has 10 heteroatoms. The number of carboxylic acids is 1. The second-order valence-corrected chi connectivity index (χ2v) is 11.1. The molecule has 0 amide bonds. The smallest absolute Gasteiger partial charge is 0.309 e. The molecule has 1 saturated heterocycles. The van der Waals surface area contributed by atoms with Crippen LogP contribution in [0.3, 0.4) is 0 Å². The fourth-order valence-electron chi connectivity index (χ4n) is 5.05. The number of benzene rings is 2. The van der Waals surface area contributed by atoms with Crippen molar-refractivity contribution in [2.75, 3.05) is 32.5 Å². The van der Waals surface area contributed by atoms with E-state index in [1.54, 1.807) is 25.3 Å². The van der Waals surface area contributed by atoms with Gasteiger partial charge >= 0.3 is 5.97 Å². The van der Waals surface area contributed by atoms with Gasteiger partial charge in [-0.3, -0.25) is 9.78 Å². The van der Waals surface area contributed by atoms with Crippen molar-refractivity contribution in [1.82, 2.24) is 9.88 Å². The molecule has 1 atom stereocenters. The molecule has 2 heterocycles. The summed E-state index contributed by atoms with van der Waals surface area (Å²) in [6.45, 7) is 1.94. The molecular formula is C28H31ClF2N2O4S. The number of aliphatic hydroxyl groups is 1. The minimum absolute atomic E-state index is 0.0371. The van der Waals surface area contributed by atoms with E-state index < -0.39 is 29.1 Å². The Kier molecular flexibility index (Phi) is 9.46. The number of ether oxygens (including phenoxy) is 1. The predicted molar refractivity (Wildman–Crippen MR) is 145 cm³/mol. The quantitative estimate of drug-likeness (QED) is 0.208. The number of piperidine rings is 1. The second kappa shape index (κ2) is 12.6. The zero-order valence-corrected chi connectivity index (χ0v) is 22.7. The molecule has 0 spiro atoms. The standard InChI is InChI=1S/C28H31ClF2N2O4S/c1-37-18-6-7-23-19(16-18)25(20(29)17-32-23)24(34)8-9-28(27(35)36)10-13-33(14-11-28)12-3-15-38-26-21(30)4-2-5-22(26)31/h2,4-7,16-17,24,34H,3,8-15H2,1H3,(H,35,36). The summed E-state index contributed by atoms with van der Waals surface area (Å²) < 4.78 is 32.9. The molecule has 0 radical (unpaired) electrons. The zero-order chi connectivity index (χ0) is 27.3. The minimum atomic E-state index is -0.954. The molecule has 1 aliphatic heterocycles. The Labute approximate surface area is 230 Å². The van der Waals surface area contributed by atoms with Gasteiger partial charge in [-0.05, 0) is 87.8 Å². The number of pyridine rings is 1. The number of aliphatic hydroxyl groups excluding tert-OH is 1. The van der Waals surface area contributed by atoms with E-state index in [0.717, 1.165) is 24.7 Å². The van der Waals surface area contributed by atoms with Gasteiger partial charge in [0.15, 0.2) is 0 Å². The van der Waals surface area contributed by atoms with Gasteiger partial charge in [-0.2, -0.15) is 0 Å². The van der Waals surface area contributed by atoms with Crippen LogP contribution in [0.2, 0.25) is 5.02 Å². The van der Waals surface area contributed by atoms with E-state index in [9.17, 15) is 23.8 Å². The van der Waals surface area contributed by atoms with Crippen LogP contribution in [0.25, 0.3) is 10.9 Å². The summed E-state index contributed by atoms with van der Waals surface area (Å²) in [5.41, 5.74) is 0.258. The summed E-state index contributed by atoms with van der Waals surface area (Å²) in [5.74, 6) is -0.789. The summed E-state index contributed by atoms with van der Waals surface area (Å²) in [4.78, 5) is 18.9. The van der Waals surface area contributed by atoms with E-state index in [2.05, 4.69) is 9.88 Å². The Morgan fingerprint density at radius 2 is 1.95 bits per heavy atom. The molecule has 4 rings (SSSR count). The predicted octanol–water partition coefficient (Wildman–Crippen LogP) is 6.34. The van der Waals surface area contributed by atoms with Crippen molar-refractivity contribution in [3.8, 4) is 5.75 Å². The summed E-state index contributed by atoms with van der Waals surface area (Å²) >= 11 is 7.58. The minimum Gasteiger partial charge on any atom is -0.497 e. The topological polar surface area (TPSA) is 82.9 Å².